The smallest absolute Gasteiger partial charge is 0.324 e. The number of anilines is 1. The number of hydrogen-bond donors (Lipinski definition) is 2. The molecule has 0 aromatic carbocycles. The molecule has 1 rings (SSSR count). The van der Waals surface area contributed by atoms with Gasteiger partial charge in [0.05, 0.1) is 20.3 Å². The van der Waals surface area contributed by atoms with Crippen LogP contribution in [0, 0.1) is 5.92 Å². The fourth-order valence-corrected chi connectivity index (χ4v) is 3.08. The van der Waals surface area contributed by atoms with Crippen LogP contribution in [-0.2, 0) is 14.8 Å². The Morgan fingerprint density at radius 3 is 2.05 bits per heavy atom. The molecule has 0 aliphatic rings. The Morgan fingerprint density at radius 2 is 1.71 bits per heavy atom. The number of sulfonamides is 1. The van der Waals surface area contributed by atoms with Crippen LogP contribution in [-0.4, -0.2) is 48.9 Å². The van der Waals surface area contributed by atoms with E-state index in [0.29, 0.717) is 0 Å². The fourth-order valence-electron chi connectivity index (χ4n) is 1.63. The number of aromatic nitrogens is 2. The van der Waals surface area contributed by atoms with Crippen LogP contribution in [0.4, 0.5) is 5.95 Å². The first-order chi connectivity index (χ1) is 9.71. The number of hydrogen-bond acceptors (Lipinski definition) is 7. The molecule has 1 unspecified atom stereocenters. The number of ether oxygens (including phenoxy) is 2. The van der Waals surface area contributed by atoms with E-state index in [-0.39, 0.29) is 17.7 Å². The van der Waals surface area contributed by atoms with Crippen molar-refractivity contribution in [2.24, 2.45) is 5.92 Å². The summed E-state index contributed by atoms with van der Waals surface area (Å²) >= 11 is 0. The van der Waals surface area contributed by atoms with Crippen LogP contribution < -0.4 is 14.2 Å². The zero-order chi connectivity index (χ0) is 16.2. The van der Waals surface area contributed by atoms with Crippen LogP contribution in [0.2, 0.25) is 0 Å². The second-order valence-electron chi connectivity index (χ2n) is 4.43. The topological polar surface area (TPSA) is 128 Å². The van der Waals surface area contributed by atoms with Crippen molar-refractivity contribution in [3.63, 3.8) is 0 Å². The van der Waals surface area contributed by atoms with Crippen molar-refractivity contribution in [3.8, 4) is 11.8 Å². The summed E-state index contributed by atoms with van der Waals surface area (Å²) < 4.78 is 36.1. The third kappa shape index (κ3) is 4.18. The Kier molecular flexibility index (Phi) is 5.30. The van der Waals surface area contributed by atoms with Crippen LogP contribution in [0.1, 0.15) is 13.8 Å². The molecule has 0 aliphatic carbocycles. The van der Waals surface area contributed by atoms with Gasteiger partial charge in [-0.15, -0.1) is 0 Å². The lowest BCUT2D eigenvalue weighted by Crippen LogP contribution is -2.39. The average Bonchev–Trinajstić information content (AvgIpc) is 2.35. The van der Waals surface area contributed by atoms with Gasteiger partial charge in [0, 0.05) is 0 Å². The van der Waals surface area contributed by atoms with Gasteiger partial charge in [0.1, 0.15) is 0 Å². The highest BCUT2D eigenvalue weighted by molar-refractivity contribution is 7.94. The number of methoxy groups -OCH3 is 2. The molecule has 0 spiro atoms. The van der Waals surface area contributed by atoms with E-state index in [9.17, 15) is 13.2 Å². The molecule has 1 atom stereocenters. The van der Waals surface area contributed by atoms with Gasteiger partial charge < -0.3 is 14.6 Å². The van der Waals surface area contributed by atoms with Gasteiger partial charge in [-0.05, 0) is 5.92 Å². The molecule has 0 aliphatic heterocycles. The number of carboxylic acid groups (broad SMARTS) is 1. The first kappa shape index (κ1) is 17.0. The number of nitrogens with one attached hydrogen (secondary N) is 1. The van der Waals surface area contributed by atoms with E-state index in [4.69, 9.17) is 14.6 Å². The van der Waals surface area contributed by atoms with E-state index >= 15 is 0 Å². The van der Waals surface area contributed by atoms with Gasteiger partial charge in [-0.25, -0.2) is 8.42 Å². The molecule has 0 amide bonds. The van der Waals surface area contributed by atoms with Crippen molar-refractivity contribution < 1.29 is 27.8 Å². The minimum Gasteiger partial charge on any atom is -0.481 e. The number of aliphatic carboxylic acids is 1. The molecule has 1 aromatic heterocycles. The summed E-state index contributed by atoms with van der Waals surface area (Å²) in [5.74, 6) is -2.25. The standard InChI is InChI=1S/C11H17N3O6S/c1-6(2)9(10(15)16)21(17,18)14-11-12-7(19-3)5-8(13-11)20-4/h5-6,9H,1-4H3,(H,15,16)(H,12,13,14). The lowest BCUT2D eigenvalue weighted by Gasteiger charge is -2.17. The van der Waals surface area contributed by atoms with Crippen molar-refractivity contribution in [2.75, 3.05) is 18.9 Å². The lowest BCUT2D eigenvalue weighted by atomic mass is 10.1. The number of carbonyl (C=O) groups is 1. The van der Waals surface area contributed by atoms with Gasteiger partial charge >= 0.3 is 5.97 Å². The van der Waals surface area contributed by atoms with E-state index in [1.807, 2.05) is 4.72 Å². The number of nitrogens with zero attached hydrogens (tertiary/aromatic N) is 2. The number of carboxylic acids is 1. The Hall–Kier alpha value is -2.10. The molecule has 2 N–H and O–H groups in total. The molecule has 0 saturated heterocycles. The predicted octanol–water partition coefficient (Wildman–Crippen LogP) is 0.345. The summed E-state index contributed by atoms with van der Waals surface area (Å²) in [6.07, 6.45) is 0. The average molecular weight is 319 g/mol. The predicted molar refractivity (Wildman–Crippen MR) is 73.9 cm³/mol. The van der Waals surface area contributed by atoms with Gasteiger partial charge in [0.2, 0.25) is 27.7 Å². The van der Waals surface area contributed by atoms with Crippen molar-refractivity contribution in [3.05, 3.63) is 6.07 Å². The van der Waals surface area contributed by atoms with Crippen molar-refractivity contribution in [1.82, 2.24) is 9.97 Å². The summed E-state index contributed by atoms with van der Waals surface area (Å²) in [4.78, 5) is 18.7. The van der Waals surface area contributed by atoms with Crippen LogP contribution in [0.3, 0.4) is 0 Å². The third-order valence-electron chi connectivity index (χ3n) is 2.51. The molecule has 0 fully saturated rings. The van der Waals surface area contributed by atoms with Crippen molar-refractivity contribution in [2.45, 2.75) is 19.1 Å². The minimum absolute atomic E-state index is 0.0796. The maximum absolute atomic E-state index is 12.1. The molecule has 10 heteroatoms. The molecule has 0 radical (unpaired) electrons. The molecule has 21 heavy (non-hydrogen) atoms. The Morgan fingerprint density at radius 1 is 1.24 bits per heavy atom. The van der Waals surface area contributed by atoms with Crippen LogP contribution in [0.15, 0.2) is 6.07 Å². The second-order valence-corrected chi connectivity index (χ2v) is 6.23. The maximum Gasteiger partial charge on any atom is 0.324 e. The summed E-state index contributed by atoms with van der Waals surface area (Å²) in [5, 5.41) is 7.42. The lowest BCUT2D eigenvalue weighted by molar-refractivity contribution is -0.137. The van der Waals surface area contributed by atoms with Crippen molar-refractivity contribution in [1.29, 1.82) is 0 Å². The van der Waals surface area contributed by atoms with Gasteiger partial charge in [-0.1, -0.05) is 13.8 Å². The quantitative estimate of drug-likeness (QED) is 0.736. The molecular weight excluding hydrogens is 302 g/mol. The first-order valence-corrected chi connectivity index (χ1v) is 7.47. The second kappa shape index (κ2) is 6.57. The molecule has 0 saturated carbocycles. The van der Waals surface area contributed by atoms with E-state index in [1.165, 1.54) is 34.1 Å². The van der Waals surface area contributed by atoms with Gasteiger partial charge in [-0.2, -0.15) is 9.97 Å². The highest BCUT2D eigenvalue weighted by Crippen LogP contribution is 2.20. The van der Waals surface area contributed by atoms with Crippen LogP contribution in [0.25, 0.3) is 0 Å². The van der Waals surface area contributed by atoms with Crippen LogP contribution >= 0.6 is 0 Å². The maximum atomic E-state index is 12.1. The Bertz CT molecular complexity index is 594. The fraction of sp³-hybridized carbons (Fsp3) is 0.545. The van der Waals surface area contributed by atoms with Crippen LogP contribution in [0.5, 0.6) is 11.8 Å². The highest BCUT2D eigenvalue weighted by Gasteiger charge is 2.36. The zero-order valence-corrected chi connectivity index (χ0v) is 12.8. The Labute approximate surface area is 122 Å². The minimum atomic E-state index is -4.21. The van der Waals surface area contributed by atoms with E-state index in [2.05, 4.69) is 9.97 Å². The van der Waals surface area contributed by atoms with E-state index in [0.717, 1.165) is 0 Å². The van der Waals surface area contributed by atoms with Gasteiger partial charge in [-0.3, -0.25) is 9.52 Å². The normalized spacial score (nSPS) is 12.8. The molecule has 0 bridgehead atoms. The zero-order valence-electron chi connectivity index (χ0n) is 12.0. The largest absolute Gasteiger partial charge is 0.481 e. The molecule has 118 valence electrons. The summed E-state index contributed by atoms with van der Waals surface area (Å²) in [5.41, 5.74) is 0. The van der Waals surface area contributed by atoms with E-state index in [1.54, 1.807) is 0 Å². The van der Waals surface area contributed by atoms with Crippen molar-refractivity contribution >= 4 is 21.9 Å². The first-order valence-electron chi connectivity index (χ1n) is 5.92. The SMILES string of the molecule is COc1cc(OC)nc(NS(=O)(=O)C(C(=O)O)C(C)C)n1. The molecule has 9 nitrogen and oxygen atoms in total. The monoisotopic (exact) mass is 319 g/mol. The molecule has 1 aromatic rings. The molecule has 1 heterocycles. The highest BCUT2D eigenvalue weighted by atomic mass is 32.2. The summed E-state index contributed by atoms with van der Waals surface area (Å²) in [6.45, 7) is 2.98. The van der Waals surface area contributed by atoms with Gasteiger partial charge in [0.25, 0.3) is 0 Å². The Balaban J connectivity index is 3.16. The van der Waals surface area contributed by atoms with E-state index < -0.39 is 27.2 Å². The van der Waals surface area contributed by atoms with Gasteiger partial charge in [0.15, 0.2) is 5.25 Å². The number of rotatable bonds is 7. The summed E-state index contributed by atoms with van der Waals surface area (Å²) in [7, 11) is -1.53. The summed E-state index contributed by atoms with van der Waals surface area (Å²) in [6, 6.07) is 1.36. The third-order valence-corrected chi connectivity index (χ3v) is 4.40. The molecular formula is C11H17N3O6S.